The van der Waals surface area contributed by atoms with Gasteiger partial charge in [0.05, 0.1) is 48.9 Å². The first-order valence-corrected chi connectivity index (χ1v) is 12.1. The van der Waals surface area contributed by atoms with Crippen LogP contribution in [0.2, 0.25) is 0 Å². The van der Waals surface area contributed by atoms with Crippen LogP contribution in [0.25, 0.3) is 22.6 Å². The van der Waals surface area contributed by atoms with Gasteiger partial charge in [-0.1, -0.05) is 37.3 Å². The number of aromatic nitrogens is 4. The molecule has 1 atom stereocenters. The molecule has 10 heteroatoms. The van der Waals surface area contributed by atoms with Crippen molar-refractivity contribution in [2.45, 2.75) is 25.9 Å². The quantitative estimate of drug-likeness (QED) is 0.310. The van der Waals surface area contributed by atoms with Gasteiger partial charge in [0.25, 0.3) is 5.56 Å². The maximum atomic E-state index is 12.5. The van der Waals surface area contributed by atoms with Gasteiger partial charge in [-0.25, -0.2) is 14.6 Å². The number of carbonyl (C=O) groups is 1. The molecule has 10 nitrogen and oxygen atoms in total. The van der Waals surface area contributed by atoms with Gasteiger partial charge in [-0.2, -0.15) is 10.4 Å². The topological polar surface area (TPSA) is 149 Å². The van der Waals surface area contributed by atoms with Crippen LogP contribution in [0, 0.1) is 11.3 Å². The Labute approximate surface area is 219 Å². The van der Waals surface area contributed by atoms with Crippen LogP contribution in [0.15, 0.2) is 77.9 Å². The van der Waals surface area contributed by atoms with Crippen molar-refractivity contribution in [3.8, 4) is 34.5 Å². The summed E-state index contributed by atoms with van der Waals surface area (Å²) in [5.41, 5.74) is 8.96. The fourth-order valence-electron chi connectivity index (χ4n) is 3.65. The highest BCUT2D eigenvalue weighted by atomic mass is 16.5. The zero-order valence-electron chi connectivity index (χ0n) is 20.9. The molecule has 0 aliphatic rings. The minimum absolute atomic E-state index is 0.208. The van der Waals surface area contributed by atoms with Gasteiger partial charge >= 0.3 is 0 Å². The van der Waals surface area contributed by atoms with Crippen LogP contribution in [0.5, 0.6) is 5.75 Å². The second-order valence-electron chi connectivity index (χ2n) is 8.50. The zero-order chi connectivity index (χ0) is 26.9. The molecule has 3 N–H and O–H groups in total. The molecule has 1 amide bonds. The van der Waals surface area contributed by atoms with Crippen LogP contribution in [0.4, 0.5) is 0 Å². The molecule has 2 heterocycles. The second kappa shape index (κ2) is 12.4. The number of ether oxygens (including phenoxy) is 1. The van der Waals surface area contributed by atoms with Crippen LogP contribution in [-0.2, 0) is 11.3 Å². The highest BCUT2D eigenvalue weighted by Crippen LogP contribution is 2.20. The maximum absolute atomic E-state index is 12.5. The fourth-order valence-corrected chi connectivity index (χ4v) is 3.65. The largest absolute Gasteiger partial charge is 0.489 e. The van der Waals surface area contributed by atoms with Crippen molar-refractivity contribution >= 4 is 5.91 Å². The SMILES string of the molecule is CCC(N)C(=O)NCCOc1cnc(-c2cccc(Cn3nc(-c4cccc(C#N)c4)ccc3=O)c2)nc1. The Balaban J connectivity index is 1.42. The number of nitrogens with zero attached hydrogens (tertiary/aromatic N) is 5. The molecule has 192 valence electrons. The number of nitriles is 1. The average Bonchev–Trinajstić information content (AvgIpc) is 2.96. The van der Waals surface area contributed by atoms with Crippen molar-refractivity contribution in [1.29, 1.82) is 5.26 Å². The number of amides is 1. The van der Waals surface area contributed by atoms with Crippen LogP contribution in [0.1, 0.15) is 24.5 Å². The summed E-state index contributed by atoms with van der Waals surface area (Å²) in [7, 11) is 0. The molecule has 0 saturated carbocycles. The van der Waals surface area contributed by atoms with Gasteiger partial charge in [-0.15, -0.1) is 0 Å². The molecule has 0 saturated heterocycles. The lowest BCUT2D eigenvalue weighted by atomic mass is 10.1. The molecular weight excluding hydrogens is 482 g/mol. The molecule has 2 aromatic heterocycles. The van der Waals surface area contributed by atoms with Gasteiger partial charge in [-0.05, 0) is 36.2 Å². The van der Waals surface area contributed by atoms with E-state index >= 15 is 0 Å². The summed E-state index contributed by atoms with van der Waals surface area (Å²) in [6.07, 6.45) is 3.71. The van der Waals surface area contributed by atoms with E-state index in [1.165, 1.54) is 10.7 Å². The number of hydrogen-bond acceptors (Lipinski definition) is 8. The molecule has 38 heavy (non-hydrogen) atoms. The van der Waals surface area contributed by atoms with Crippen molar-refractivity contribution in [2.75, 3.05) is 13.2 Å². The zero-order valence-corrected chi connectivity index (χ0v) is 20.9. The van der Waals surface area contributed by atoms with E-state index in [1.807, 2.05) is 37.3 Å². The van der Waals surface area contributed by atoms with Gasteiger partial charge in [-0.3, -0.25) is 9.59 Å². The normalized spacial score (nSPS) is 11.4. The monoisotopic (exact) mass is 509 g/mol. The van der Waals surface area contributed by atoms with E-state index in [2.05, 4.69) is 26.5 Å². The van der Waals surface area contributed by atoms with E-state index in [4.69, 9.17) is 15.7 Å². The Morgan fingerprint density at radius 2 is 1.87 bits per heavy atom. The van der Waals surface area contributed by atoms with Gasteiger partial charge in [0, 0.05) is 17.2 Å². The van der Waals surface area contributed by atoms with E-state index in [-0.39, 0.29) is 24.6 Å². The average molecular weight is 510 g/mol. The predicted molar refractivity (Wildman–Crippen MR) is 142 cm³/mol. The summed E-state index contributed by atoms with van der Waals surface area (Å²) in [6.45, 7) is 2.70. The van der Waals surface area contributed by atoms with Gasteiger partial charge in [0.1, 0.15) is 6.61 Å². The third kappa shape index (κ3) is 6.66. The summed E-state index contributed by atoms with van der Waals surface area (Å²) >= 11 is 0. The second-order valence-corrected chi connectivity index (χ2v) is 8.50. The number of nitrogens with two attached hydrogens (primary N) is 1. The maximum Gasteiger partial charge on any atom is 0.267 e. The van der Waals surface area contributed by atoms with E-state index in [0.29, 0.717) is 35.8 Å². The molecule has 1 unspecified atom stereocenters. The summed E-state index contributed by atoms with van der Waals surface area (Å²) in [6, 6.07) is 19.4. The predicted octanol–water partition coefficient (Wildman–Crippen LogP) is 2.52. The molecule has 4 rings (SSSR count). The number of nitrogens with one attached hydrogen (secondary N) is 1. The molecule has 0 radical (unpaired) electrons. The van der Waals surface area contributed by atoms with Crippen LogP contribution >= 0.6 is 0 Å². The third-order valence-electron chi connectivity index (χ3n) is 5.75. The Morgan fingerprint density at radius 3 is 2.63 bits per heavy atom. The van der Waals surface area contributed by atoms with Gasteiger partial charge in [0.2, 0.25) is 5.91 Å². The first kappa shape index (κ1) is 26.2. The van der Waals surface area contributed by atoms with Crippen LogP contribution in [-0.4, -0.2) is 44.8 Å². The molecular formula is C28H27N7O3. The lowest BCUT2D eigenvalue weighted by molar-refractivity contribution is -0.122. The van der Waals surface area contributed by atoms with Crippen molar-refractivity contribution in [3.63, 3.8) is 0 Å². The van der Waals surface area contributed by atoms with Crippen LogP contribution < -0.4 is 21.3 Å². The van der Waals surface area contributed by atoms with E-state index in [0.717, 1.165) is 16.7 Å². The number of carbonyl (C=O) groups excluding carboxylic acids is 1. The smallest absolute Gasteiger partial charge is 0.267 e. The van der Waals surface area contributed by atoms with Crippen molar-refractivity contribution in [1.82, 2.24) is 25.1 Å². The minimum atomic E-state index is -0.520. The van der Waals surface area contributed by atoms with E-state index < -0.39 is 6.04 Å². The third-order valence-corrected chi connectivity index (χ3v) is 5.75. The van der Waals surface area contributed by atoms with Crippen LogP contribution in [0.3, 0.4) is 0 Å². The summed E-state index contributed by atoms with van der Waals surface area (Å²) in [5, 5.41) is 16.4. The van der Waals surface area contributed by atoms with Gasteiger partial charge < -0.3 is 15.8 Å². The van der Waals surface area contributed by atoms with E-state index in [9.17, 15) is 9.59 Å². The summed E-state index contributed by atoms with van der Waals surface area (Å²) in [4.78, 5) is 33.0. The number of benzene rings is 2. The van der Waals surface area contributed by atoms with Crippen molar-refractivity contribution in [2.24, 2.45) is 5.73 Å². The van der Waals surface area contributed by atoms with E-state index in [1.54, 1.807) is 36.7 Å². The Morgan fingerprint density at radius 1 is 1.11 bits per heavy atom. The van der Waals surface area contributed by atoms with Crippen molar-refractivity contribution in [3.05, 3.63) is 94.5 Å². The van der Waals surface area contributed by atoms with Crippen molar-refractivity contribution < 1.29 is 9.53 Å². The Hall–Kier alpha value is -4.88. The summed E-state index contributed by atoms with van der Waals surface area (Å²) < 4.78 is 6.98. The Bertz CT molecular complexity index is 1510. The summed E-state index contributed by atoms with van der Waals surface area (Å²) in [5.74, 6) is 0.774. The molecule has 0 spiro atoms. The fraction of sp³-hybridized carbons (Fsp3) is 0.214. The lowest BCUT2D eigenvalue weighted by Crippen LogP contribution is -2.41. The Kier molecular flexibility index (Phi) is 8.53. The molecule has 0 aliphatic heterocycles. The minimum Gasteiger partial charge on any atom is -0.489 e. The first-order chi connectivity index (χ1) is 18.5. The van der Waals surface area contributed by atoms with Gasteiger partial charge in [0.15, 0.2) is 11.6 Å². The standard InChI is InChI=1S/C28H27N7O3/c1-2-24(30)28(37)31-11-12-38-23-16-32-27(33-17-23)22-8-4-6-20(14-22)18-35-26(36)10-9-25(34-35)21-7-3-5-19(13-21)15-29/h3-10,13-14,16-17,24H,2,11-12,18,30H2,1H3,(H,31,37). The first-order valence-electron chi connectivity index (χ1n) is 12.1. The number of rotatable bonds is 10. The molecule has 0 aliphatic carbocycles. The molecule has 0 fully saturated rings. The molecule has 0 bridgehead atoms. The lowest BCUT2D eigenvalue weighted by Gasteiger charge is -2.11. The molecule has 4 aromatic rings. The highest BCUT2D eigenvalue weighted by molar-refractivity contribution is 5.81. The number of hydrogen-bond donors (Lipinski definition) is 2. The highest BCUT2D eigenvalue weighted by Gasteiger charge is 2.10. The molecule has 2 aromatic carbocycles.